The first-order chi connectivity index (χ1) is 15.6. The van der Waals surface area contributed by atoms with Crippen LogP contribution in [0.1, 0.15) is 22.9 Å². The van der Waals surface area contributed by atoms with Crippen molar-refractivity contribution in [1.82, 2.24) is 4.72 Å². The van der Waals surface area contributed by atoms with Crippen LogP contribution in [0.4, 0.5) is 4.39 Å². The Kier molecular flexibility index (Phi) is 8.00. The lowest BCUT2D eigenvalue weighted by Crippen LogP contribution is -2.29. The second-order valence-corrected chi connectivity index (χ2v) is 10.6. The SMILES string of the molecule is Cc1c(S(=O)(=O)NC(O[P+](=O)[O-])c2ccc(C#N)c(F)c2)sc2ccc(OCCN)c(Cl)c12. The predicted molar refractivity (Wildman–Crippen MR) is 119 cm³/mol. The molecule has 0 aliphatic heterocycles. The van der Waals surface area contributed by atoms with Crippen molar-refractivity contribution in [1.29, 1.82) is 5.26 Å². The first kappa shape index (κ1) is 25.4. The Balaban J connectivity index is 2.03. The Hall–Kier alpha value is -2.20. The first-order valence-corrected chi connectivity index (χ1v) is 12.9. The molecule has 3 rings (SSSR count). The van der Waals surface area contributed by atoms with Crippen LogP contribution in [0, 0.1) is 24.1 Å². The van der Waals surface area contributed by atoms with Crippen molar-refractivity contribution in [2.75, 3.05) is 13.2 Å². The largest absolute Gasteiger partial charge is 0.566 e. The quantitative estimate of drug-likeness (QED) is 0.315. The van der Waals surface area contributed by atoms with Crippen molar-refractivity contribution in [3.63, 3.8) is 0 Å². The summed E-state index contributed by atoms with van der Waals surface area (Å²) in [5.74, 6) is -0.621. The highest BCUT2D eigenvalue weighted by Crippen LogP contribution is 2.42. The molecule has 0 aliphatic carbocycles. The number of nitriles is 1. The van der Waals surface area contributed by atoms with E-state index >= 15 is 0 Å². The third-order valence-electron chi connectivity index (χ3n) is 4.44. The van der Waals surface area contributed by atoms with Gasteiger partial charge in [-0.1, -0.05) is 17.7 Å². The lowest BCUT2D eigenvalue weighted by atomic mass is 10.1. The second kappa shape index (κ2) is 10.4. The summed E-state index contributed by atoms with van der Waals surface area (Å²) < 4.78 is 64.2. The zero-order valence-electron chi connectivity index (χ0n) is 16.9. The molecular weight excluding hydrogens is 516 g/mol. The minimum absolute atomic E-state index is 0.140. The summed E-state index contributed by atoms with van der Waals surface area (Å²) in [5.41, 5.74) is 5.30. The number of aryl methyl sites for hydroxylation is 1. The van der Waals surface area contributed by atoms with E-state index in [-0.39, 0.29) is 33.5 Å². The summed E-state index contributed by atoms with van der Waals surface area (Å²) in [6.07, 6.45) is -1.76. The van der Waals surface area contributed by atoms with Crippen molar-refractivity contribution in [2.24, 2.45) is 5.73 Å². The van der Waals surface area contributed by atoms with Crippen LogP contribution in [-0.4, -0.2) is 21.6 Å². The normalized spacial score (nSPS) is 13.0. The third-order valence-corrected chi connectivity index (χ3v) is 8.48. The fraction of sp³-hybridized carbons (Fsp3) is 0.211. The van der Waals surface area contributed by atoms with Gasteiger partial charge in [-0.05, 0) is 41.3 Å². The zero-order valence-corrected chi connectivity index (χ0v) is 20.2. The van der Waals surface area contributed by atoms with Crippen LogP contribution in [-0.2, 0) is 19.1 Å². The van der Waals surface area contributed by atoms with Gasteiger partial charge >= 0.3 is 8.25 Å². The van der Waals surface area contributed by atoms with E-state index in [0.717, 1.165) is 23.5 Å². The molecule has 2 aromatic carbocycles. The third kappa shape index (κ3) is 5.48. The summed E-state index contributed by atoms with van der Waals surface area (Å²) >= 11 is 7.32. The maximum absolute atomic E-state index is 14.0. The van der Waals surface area contributed by atoms with Crippen molar-refractivity contribution < 1.29 is 31.5 Å². The number of rotatable bonds is 9. The van der Waals surface area contributed by atoms with E-state index in [4.69, 9.17) is 27.3 Å². The summed E-state index contributed by atoms with van der Waals surface area (Å²) in [5, 5.41) is 9.52. The molecular formula is C19H16ClFN3O6PS2. The molecule has 0 saturated heterocycles. The van der Waals surface area contributed by atoms with Gasteiger partial charge in [-0.3, -0.25) is 0 Å². The minimum Gasteiger partial charge on any atom is -0.566 e. The molecule has 0 aliphatic rings. The molecule has 0 saturated carbocycles. The fourth-order valence-electron chi connectivity index (χ4n) is 3.00. The molecule has 1 heterocycles. The number of nitrogens with one attached hydrogen (secondary N) is 1. The number of sulfonamides is 1. The summed E-state index contributed by atoms with van der Waals surface area (Å²) in [6.45, 7) is 2.02. The highest BCUT2D eigenvalue weighted by molar-refractivity contribution is 7.91. The molecule has 2 atom stereocenters. The maximum atomic E-state index is 14.0. The van der Waals surface area contributed by atoms with E-state index in [1.165, 1.54) is 13.0 Å². The van der Waals surface area contributed by atoms with Gasteiger partial charge in [0, 0.05) is 22.2 Å². The number of hydrogen-bond donors (Lipinski definition) is 2. The highest BCUT2D eigenvalue weighted by Gasteiger charge is 2.31. The van der Waals surface area contributed by atoms with Gasteiger partial charge in [-0.25, -0.2) is 12.8 Å². The Morgan fingerprint density at radius 1 is 1.39 bits per heavy atom. The zero-order chi connectivity index (χ0) is 24.3. The summed E-state index contributed by atoms with van der Waals surface area (Å²) in [6, 6.07) is 7.94. The lowest BCUT2D eigenvalue weighted by molar-refractivity contribution is -0.190. The molecule has 2 unspecified atom stereocenters. The van der Waals surface area contributed by atoms with Crippen LogP contribution in [0.15, 0.2) is 34.5 Å². The van der Waals surface area contributed by atoms with E-state index in [9.17, 15) is 22.3 Å². The van der Waals surface area contributed by atoms with Crippen LogP contribution in [0.3, 0.4) is 0 Å². The Bertz CT molecular complexity index is 1380. The van der Waals surface area contributed by atoms with Crippen LogP contribution in [0.2, 0.25) is 5.02 Å². The van der Waals surface area contributed by atoms with Gasteiger partial charge in [0.15, 0.2) is 0 Å². The number of ether oxygens (including phenoxy) is 1. The van der Waals surface area contributed by atoms with Crippen LogP contribution in [0.25, 0.3) is 10.1 Å². The number of thiophene rings is 1. The number of halogens is 2. The van der Waals surface area contributed by atoms with Gasteiger partial charge in [0.05, 0.1) is 10.6 Å². The molecule has 1 aromatic heterocycles. The summed E-state index contributed by atoms with van der Waals surface area (Å²) in [4.78, 5) is 11.2. The number of benzene rings is 2. The molecule has 3 aromatic rings. The lowest BCUT2D eigenvalue weighted by Gasteiger charge is -2.15. The van der Waals surface area contributed by atoms with E-state index in [0.29, 0.717) is 21.4 Å². The average Bonchev–Trinajstić information content (AvgIpc) is 3.10. The van der Waals surface area contributed by atoms with E-state index in [2.05, 4.69) is 9.25 Å². The predicted octanol–water partition coefficient (Wildman–Crippen LogP) is 3.22. The van der Waals surface area contributed by atoms with E-state index in [1.807, 2.05) is 0 Å². The number of hydrogen-bond acceptors (Lipinski definition) is 9. The van der Waals surface area contributed by atoms with E-state index < -0.39 is 30.3 Å². The number of nitrogens with two attached hydrogens (primary N) is 1. The fourth-order valence-corrected chi connectivity index (χ4v) is 6.72. The molecule has 174 valence electrons. The number of nitrogens with zero attached hydrogens (tertiary/aromatic N) is 1. The molecule has 9 nitrogen and oxygen atoms in total. The monoisotopic (exact) mass is 531 g/mol. The topological polar surface area (TPSA) is 155 Å². The Morgan fingerprint density at radius 3 is 2.73 bits per heavy atom. The molecule has 0 radical (unpaired) electrons. The van der Waals surface area contributed by atoms with Crippen molar-refractivity contribution >= 4 is 51.3 Å². The molecule has 0 fully saturated rings. The molecule has 14 heteroatoms. The van der Waals surface area contributed by atoms with Gasteiger partial charge in [-0.2, -0.15) is 9.98 Å². The Morgan fingerprint density at radius 2 is 2.12 bits per heavy atom. The van der Waals surface area contributed by atoms with Gasteiger partial charge in [0.25, 0.3) is 10.0 Å². The maximum Gasteiger partial charge on any atom is 0.490 e. The van der Waals surface area contributed by atoms with E-state index in [1.54, 1.807) is 18.2 Å². The average molecular weight is 532 g/mol. The van der Waals surface area contributed by atoms with Gasteiger partial charge < -0.3 is 15.4 Å². The molecule has 3 N–H and O–H groups in total. The van der Waals surface area contributed by atoms with Crippen LogP contribution in [0.5, 0.6) is 5.75 Å². The Labute approximate surface area is 198 Å². The first-order valence-electron chi connectivity index (χ1n) is 9.16. The standard InChI is InChI=1S/C19H16ClFN3O6PS2/c1-10-16-15(5-4-14(17(16)20)29-7-6-22)32-19(10)33(27,28)24-18(30-31(25)26)11-2-3-12(9-23)13(21)8-11/h2-5,8,18,24H,6-7,22H2,1H3. The van der Waals surface area contributed by atoms with Crippen molar-refractivity contribution in [3.05, 3.63) is 57.9 Å². The van der Waals surface area contributed by atoms with Gasteiger partial charge in [0.2, 0.25) is 6.23 Å². The number of fused-ring (bicyclic) bond motifs is 1. The van der Waals surface area contributed by atoms with Crippen LogP contribution >= 0.6 is 31.2 Å². The molecule has 0 spiro atoms. The second-order valence-electron chi connectivity index (χ2n) is 6.58. The molecule has 0 bridgehead atoms. The van der Waals surface area contributed by atoms with Gasteiger partial charge in [-0.15, -0.1) is 15.9 Å². The van der Waals surface area contributed by atoms with Crippen molar-refractivity contribution in [2.45, 2.75) is 17.4 Å². The molecule has 33 heavy (non-hydrogen) atoms. The molecule has 0 amide bonds. The smallest absolute Gasteiger partial charge is 0.490 e. The van der Waals surface area contributed by atoms with Gasteiger partial charge in [0.1, 0.15) is 28.5 Å². The summed E-state index contributed by atoms with van der Waals surface area (Å²) in [7, 11) is -7.86. The van der Waals surface area contributed by atoms with Crippen molar-refractivity contribution in [3.8, 4) is 11.8 Å². The minimum atomic E-state index is -4.35. The van der Waals surface area contributed by atoms with Crippen LogP contribution < -0.4 is 20.1 Å². The highest BCUT2D eigenvalue weighted by atomic mass is 35.5.